The molecule has 0 aliphatic carbocycles. The second kappa shape index (κ2) is 12.9. The maximum atomic E-state index is 13.3. The van der Waals surface area contributed by atoms with Gasteiger partial charge in [0.15, 0.2) is 0 Å². The van der Waals surface area contributed by atoms with Crippen LogP contribution in [-0.2, 0) is 37.0 Å². The number of nitrogens with one attached hydrogen (secondary N) is 1. The lowest BCUT2D eigenvalue weighted by Crippen LogP contribution is -2.35. The highest BCUT2D eigenvalue weighted by atomic mass is 35.5. The Hall–Kier alpha value is -3.38. The van der Waals surface area contributed by atoms with Gasteiger partial charge in [0.2, 0.25) is 5.95 Å². The van der Waals surface area contributed by atoms with Crippen LogP contribution in [0.1, 0.15) is 31.0 Å². The van der Waals surface area contributed by atoms with Crippen LogP contribution in [0.4, 0.5) is 5.95 Å². The van der Waals surface area contributed by atoms with E-state index in [0.29, 0.717) is 17.0 Å². The summed E-state index contributed by atoms with van der Waals surface area (Å²) in [6, 6.07) is 6.15. The first-order valence-electron chi connectivity index (χ1n) is 11.6. The number of benzene rings is 1. The molecule has 1 atom stereocenters. The molecule has 1 unspecified atom stereocenters. The third-order valence-electron chi connectivity index (χ3n) is 5.75. The smallest absolute Gasteiger partial charge is 0.336 e. The fourth-order valence-electron chi connectivity index (χ4n) is 4.12. The summed E-state index contributed by atoms with van der Waals surface area (Å²) in [6.07, 6.45) is 0. The van der Waals surface area contributed by atoms with Gasteiger partial charge in [-0.3, -0.25) is 9.36 Å². The molecule has 2 heterocycles. The maximum absolute atomic E-state index is 13.3. The number of carbonyl (C=O) groups excluding carboxylic acids is 2. The Morgan fingerprint density at radius 2 is 1.95 bits per heavy atom. The molecule has 1 aliphatic rings. The van der Waals surface area contributed by atoms with Gasteiger partial charge in [0.05, 0.1) is 78.6 Å². The van der Waals surface area contributed by atoms with E-state index in [4.69, 9.17) is 48.3 Å². The van der Waals surface area contributed by atoms with Gasteiger partial charge in [-0.25, -0.2) is 14.6 Å². The lowest BCUT2D eigenvalue weighted by molar-refractivity contribution is -0.139. The zero-order chi connectivity index (χ0) is 28.0. The third-order valence-corrected chi connectivity index (χ3v) is 6.58. The summed E-state index contributed by atoms with van der Waals surface area (Å²) in [5, 5.41) is 12.6. The van der Waals surface area contributed by atoms with Gasteiger partial charge in [0, 0.05) is 11.8 Å². The molecule has 204 valence electrons. The first-order chi connectivity index (χ1) is 18.1. The molecule has 1 aromatic heterocycles. The molecule has 0 fully saturated rings. The van der Waals surface area contributed by atoms with E-state index in [0.717, 1.165) is 4.57 Å². The van der Waals surface area contributed by atoms with Crippen LogP contribution in [-0.4, -0.2) is 53.5 Å². The minimum absolute atomic E-state index is 0.0140. The van der Waals surface area contributed by atoms with E-state index in [1.807, 2.05) is 0 Å². The topological polar surface area (TPSA) is 155 Å². The van der Waals surface area contributed by atoms with Crippen molar-refractivity contribution < 1.29 is 28.9 Å². The van der Waals surface area contributed by atoms with Crippen molar-refractivity contribution in [1.82, 2.24) is 14.9 Å². The number of esters is 2. The molecule has 0 saturated heterocycles. The molecule has 3 rings (SSSR count). The number of allylic oxidation sites excluding steroid dienone is 1. The standard InChI is InChI=1S/C25H28Cl2N4O7/c1-4-38-24(35)21-17(12-37-11-14-10-18(33)31(8-9-32)25(28)30-14)29-13(2)19(23(34)36-3)20(21)15-6-5-7-16(26)22(15)27/h5-7,10,20,29,32H,4,8-9,11-12H2,1-3H3,(H2,28,30). The summed E-state index contributed by atoms with van der Waals surface area (Å²) in [5.74, 6) is -2.39. The SMILES string of the molecule is CCOC(=O)C1=C(COCc2cc(=O)n(CCO)c(N)n2)NC(C)=C(C(=O)OC)C1c1cccc(Cl)c1Cl. The molecule has 0 amide bonds. The van der Waals surface area contributed by atoms with Crippen molar-refractivity contribution in [2.45, 2.75) is 32.9 Å². The number of carbonyl (C=O) groups is 2. The number of aromatic nitrogens is 2. The number of methoxy groups -OCH3 is 1. The monoisotopic (exact) mass is 566 g/mol. The lowest BCUT2D eigenvalue weighted by Gasteiger charge is -2.31. The Morgan fingerprint density at radius 3 is 2.58 bits per heavy atom. The Morgan fingerprint density at radius 1 is 1.21 bits per heavy atom. The van der Waals surface area contributed by atoms with Gasteiger partial charge in [0.25, 0.3) is 5.56 Å². The highest BCUT2D eigenvalue weighted by molar-refractivity contribution is 6.42. The molecule has 0 bridgehead atoms. The Labute approximate surface area is 228 Å². The minimum Gasteiger partial charge on any atom is -0.466 e. The number of ether oxygens (including phenoxy) is 3. The van der Waals surface area contributed by atoms with Gasteiger partial charge in [-0.1, -0.05) is 35.3 Å². The van der Waals surface area contributed by atoms with E-state index in [9.17, 15) is 14.4 Å². The van der Waals surface area contributed by atoms with Gasteiger partial charge in [-0.2, -0.15) is 0 Å². The average Bonchev–Trinajstić information content (AvgIpc) is 2.87. The van der Waals surface area contributed by atoms with Crippen molar-refractivity contribution in [3.8, 4) is 0 Å². The van der Waals surface area contributed by atoms with Crippen molar-refractivity contribution in [2.75, 3.05) is 32.7 Å². The van der Waals surface area contributed by atoms with Gasteiger partial charge in [-0.05, 0) is 25.5 Å². The first kappa shape index (κ1) is 29.2. The van der Waals surface area contributed by atoms with Crippen LogP contribution in [0.25, 0.3) is 0 Å². The minimum atomic E-state index is -0.969. The van der Waals surface area contributed by atoms with E-state index in [1.54, 1.807) is 32.0 Å². The van der Waals surface area contributed by atoms with Crippen molar-refractivity contribution in [3.05, 3.63) is 78.5 Å². The molecular weight excluding hydrogens is 539 g/mol. The van der Waals surface area contributed by atoms with E-state index in [2.05, 4.69) is 10.3 Å². The summed E-state index contributed by atoms with van der Waals surface area (Å²) in [4.78, 5) is 42.5. The Bertz CT molecular complexity index is 1350. The van der Waals surface area contributed by atoms with Crippen molar-refractivity contribution >= 4 is 41.1 Å². The number of halogens is 2. The molecular formula is C25H28Cl2N4O7. The molecule has 0 radical (unpaired) electrons. The number of hydrogen-bond donors (Lipinski definition) is 3. The quantitative estimate of drug-likeness (QED) is 0.364. The van der Waals surface area contributed by atoms with Crippen molar-refractivity contribution in [2.24, 2.45) is 0 Å². The molecule has 0 saturated carbocycles. The number of nitrogen functional groups attached to an aromatic ring is 1. The number of rotatable bonds is 10. The number of aliphatic hydroxyl groups is 1. The number of dihydropyridines is 1. The molecule has 2 aromatic rings. The van der Waals surface area contributed by atoms with Gasteiger partial charge >= 0.3 is 11.9 Å². The molecule has 38 heavy (non-hydrogen) atoms. The largest absolute Gasteiger partial charge is 0.466 e. The number of anilines is 1. The van der Waals surface area contributed by atoms with Gasteiger partial charge in [-0.15, -0.1) is 0 Å². The Kier molecular flexibility index (Phi) is 9.92. The molecule has 1 aromatic carbocycles. The zero-order valence-corrected chi connectivity index (χ0v) is 22.6. The number of nitrogens with zero attached hydrogens (tertiary/aromatic N) is 2. The van der Waals surface area contributed by atoms with Crippen LogP contribution in [0.3, 0.4) is 0 Å². The second-order valence-corrected chi connectivity index (χ2v) is 8.94. The van der Waals surface area contributed by atoms with Crippen LogP contribution in [0.5, 0.6) is 0 Å². The van der Waals surface area contributed by atoms with Crippen LogP contribution in [0.15, 0.2) is 51.6 Å². The predicted octanol–water partition coefficient (Wildman–Crippen LogP) is 2.29. The third kappa shape index (κ3) is 6.18. The van der Waals surface area contributed by atoms with Crippen molar-refractivity contribution in [3.63, 3.8) is 0 Å². The normalized spacial score (nSPS) is 15.4. The number of nitrogens with two attached hydrogens (primary N) is 1. The fourth-order valence-corrected chi connectivity index (χ4v) is 4.54. The van der Waals surface area contributed by atoms with Crippen LogP contribution < -0.4 is 16.6 Å². The zero-order valence-electron chi connectivity index (χ0n) is 21.0. The van der Waals surface area contributed by atoms with E-state index in [1.165, 1.54) is 13.2 Å². The highest BCUT2D eigenvalue weighted by Crippen LogP contribution is 2.43. The van der Waals surface area contributed by atoms with E-state index in [-0.39, 0.29) is 65.8 Å². The molecule has 0 spiro atoms. The summed E-state index contributed by atoms with van der Waals surface area (Å²) in [7, 11) is 1.23. The number of aliphatic hydroxyl groups excluding tert-OH is 1. The van der Waals surface area contributed by atoms with E-state index < -0.39 is 23.4 Å². The highest BCUT2D eigenvalue weighted by Gasteiger charge is 2.40. The van der Waals surface area contributed by atoms with Crippen LogP contribution in [0, 0.1) is 0 Å². The summed E-state index contributed by atoms with van der Waals surface area (Å²) in [6.45, 7) is 2.88. The molecule has 4 N–H and O–H groups in total. The van der Waals surface area contributed by atoms with E-state index >= 15 is 0 Å². The second-order valence-electron chi connectivity index (χ2n) is 8.16. The maximum Gasteiger partial charge on any atom is 0.336 e. The average molecular weight is 567 g/mol. The summed E-state index contributed by atoms with van der Waals surface area (Å²) < 4.78 is 17.3. The van der Waals surface area contributed by atoms with Crippen molar-refractivity contribution in [1.29, 1.82) is 0 Å². The first-order valence-corrected chi connectivity index (χ1v) is 12.3. The van der Waals surface area contributed by atoms with Gasteiger partial charge in [0.1, 0.15) is 0 Å². The molecule has 11 nitrogen and oxygen atoms in total. The summed E-state index contributed by atoms with van der Waals surface area (Å²) >= 11 is 12.8. The van der Waals surface area contributed by atoms with Gasteiger partial charge < -0.3 is 30.4 Å². The van der Waals surface area contributed by atoms with Crippen LogP contribution >= 0.6 is 23.2 Å². The molecule has 1 aliphatic heterocycles. The lowest BCUT2D eigenvalue weighted by atomic mass is 9.80. The Balaban J connectivity index is 2.04. The molecule has 13 heteroatoms. The number of hydrogen-bond acceptors (Lipinski definition) is 10. The fraction of sp³-hybridized carbons (Fsp3) is 0.360. The van der Waals surface area contributed by atoms with Crippen LogP contribution in [0.2, 0.25) is 10.0 Å². The predicted molar refractivity (Wildman–Crippen MR) is 140 cm³/mol. The summed E-state index contributed by atoms with van der Waals surface area (Å²) in [5.41, 5.74) is 7.03.